The molecule has 1 aromatic rings. The molecular formula is C18H24N4O5S. The lowest BCUT2D eigenvalue weighted by Crippen LogP contribution is -2.48. The summed E-state index contributed by atoms with van der Waals surface area (Å²) in [4.78, 5) is 38.3. The maximum absolute atomic E-state index is 12.7. The summed E-state index contributed by atoms with van der Waals surface area (Å²) in [6, 6.07) is 3.92. The van der Waals surface area contributed by atoms with Crippen molar-refractivity contribution in [3.8, 4) is 0 Å². The summed E-state index contributed by atoms with van der Waals surface area (Å²) >= 11 is 0. The molecule has 4 amide bonds. The number of carbonyl (C=O) groups is 3. The summed E-state index contributed by atoms with van der Waals surface area (Å²) in [5, 5.41) is 5.31. The van der Waals surface area contributed by atoms with Gasteiger partial charge in [0.1, 0.15) is 12.1 Å². The second-order valence-electron chi connectivity index (χ2n) is 7.20. The number of carbonyl (C=O) groups excluding carboxylic acids is 3. The van der Waals surface area contributed by atoms with Crippen LogP contribution in [0.5, 0.6) is 0 Å². The van der Waals surface area contributed by atoms with Crippen LogP contribution in [-0.4, -0.2) is 50.3 Å². The summed E-state index contributed by atoms with van der Waals surface area (Å²) in [6.07, 6.45) is 3.91. The summed E-state index contributed by atoms with van der Waals surface area (Å²) < 4.78 is 26.4. The molecule has 0 aromatic heterocycles. The zero-order valence-electron chi connectivity index (χ0n) is 15.9. The third-order valence-corrected chi connectivity index (χ3v) is 6.84. The van der Waals surface area contributed by atoms with Crippen molar-refractivity contribution in [1.82, 2.24) is 14.9 Å². The van der Waals surface area contributed by atoms with Gasteiger partial charge in [-0.1, -0.05) is 25.3 Å². The number of nitrogens with zero attached hydrogens (tertiary/aromatic N) is 1. The van der Waals surface area contributed by atoms with Gasteiger partial charge in [-0.3, -0.25) is 14.5 Å². The smallest absolute Gasteiger partial charge is 0.324 e. The Hall–Kier alpha value is -2.46. The van der Waals surface area contributed by atoms with E-state index in [1.807, 2.05) is 0 Å². The van der Waals surface area contributed by atoms with E-state index >= 15 is 0 Å². The Morgan fingerprint density at radius 3 is 2.54 bits per heavy atom. The van der Waals surface area contributed by atoms with Crippen molar-refractivity contribution >= 4 is 33.6 Å². The van der Waals surface area contributed by atoms with Crippen LogP contribution in [0.25, 0.3) is 0 Å². The largest absolute Gasteiger partial charge is 0.325 e. The first-order valence-corrected chi connectivity index (χ1v) is 10.6. The van der Waals surface area contributed by atoms with E-state index in [0.29, 0.717) is 18.4 Å². The van der Waals surface area contributed by atoms with Crippen molar-refractivity contribution < 1.29 is 22.8 Å². The van der Waals surface area contributed by atoms with E-state index in [1.165, 1.54) is 13.1 Å². The number of aryl methyl sites for hydroxylation is 1. The first-order chi connectivity index (χ1) is 13.2. The van der Waals surface area contributed by atoms with Crippen LogP contribution in [0.4, 0.5) is 10.5 Å². The molecule has 0 unspecified atom stereocenters. The van der Waals surface area contributed by atoms with Crippen molar-refractivity contribution in [3.63, 3.8) is 0 Å². The molecule has 1 saturated heterocycles. The fraction of sp³-hybridized carbons (Fsp3) is 0.500. The third kappa shape index (κ3) is 3.74. The number of hydrogen-bond acceptors (Lipinski definition) is 5. The van der Waals surface area contributed by atoms with Crippen LogP contribution < -0.4 is 15.4 Å². The average Bonchev–Trinajstić information content (AvgIpc) is 2.87. The maximum atomic E-state index is 12.7. The van der Waals surface area contributed by atoms with E-state index in [1.54, 1.807) is 19.1 Å². The van der Waals surface area contributed by atoms with Crippen LogP contribution in [0.3, 0.4) is 0 Å². The molecule has 0 radical (unpaired) electrons. The second kappa shape index (κ2) is 7.51. The van der Waals surface area contributed by atoms with Crippen LogP contribution >= 0.6 is 0 Å². The SMILES string of the molecule is CNS(=O)(=O)c1cc(NC(=O)CN2C(=O)NC3(CCCCC3)C2=O)ccc1C. The van der Waals surface area contributed by atoms with Crippen molar-refractivity contribution in [2.45, 2.75) is 49.5 Å². The minimum atomic E-state index is -3.68. The minimum Gasteiger partial charge on any atom is -0.324 e. The van der Waals surface area contributed by atoms with E-state index in [4.69, 9.17) is 0 Å². The number of sulfonamides is 1. The monoisotopic (exact) mass is 408 g/mol. The van der Waals surface area contributed by atoms with E-state index < -0.39 is 34.0 Å². The summed E-state index contributed by atoms with van der Waals surface area (Å²) in [7, 11) is -2.37. The van der Waals surface area contributed by atoms with Gasteiger partial charge in [0.05, 0.1) is 4.90 Å². The molecule has 1 saturated carbocycles. The molecule has 1 aliphatic carbocycles. The van der Waals surface area contributed by atoms with E-state index in [9.17, 15) is 22.8 Å². The van der Waals surface area contributed by atoms with Crippen molar-refractivity contribution in [1.29, 1.82) is 0 Å². The summed E-state index contributed by atoms with van der Waals surface area (Å²) in [5.74, 6) is -0.942. The van der Waals surface area contributed by atoms with Crippen molar-refractivity contribution in [2.24, 2.45) is 0 Å². The normalized spacial score (nSPS) is 19.0. The molecule has 10 heteroatoms. The molecule has 3 N–H and O–H groups in total. The number of amides is 4. The molecule has 1 aliphatic heterocycles. The highest BCUT2D eigenvalue weighted by Gasteiger charge is 2.51. The molecule has 1 spiro atoms. The fourth-order valence-corrected chi connectivity index (χ4v) is 4.73. The van der Waals surface area contributed by atoms with Gasteiger partial charge in [0.15, 0.2) is 0 Å². The number of imide groups is 1. The van der Waals surface area contributed by atoms with E-state index in [-0.39, 0.29) is 16.5 Å². The molecule has 0 atom stereocenters. The molecule has 152 valence electrons. The zero-order chi connectivity index (χ0) is 20.5. The Bertz CT molecular complexity index is 922. The Kier molecular flexibility index (Phi) is 5.44. The van der Waals surface area contributed by atoms with Gasteiger partial charge in [-0.05, 0) is 44.5 Å². The van der Waals surface area contributed by atoms with E-state index in [2.05, 4.69) is 15.4 Å². The van der Waals surface area contributed by atoms with Crippen LogP contribution in [0.2, 0.25) is 0 Å². The van der Waals surface area contributed by atoms with Crippen LogP contribution in [0, 0.1) is 6.92 Å². The molecule has 28 heavy (non-hydrogen) atoms. The first-order valence-electron chi connectivity index (χ1n) is 9.17. The Labute approximate surface area is 163 Å². The number of benzene rings is 1. The number of nitrogens with one attached hydrogen (secondary N) is 3. The molecule has 2 aliphatic rings. The molecular weight excluding hydrogens is 384 g/mol. The quantitative estimate of drug-likeness (QED) is 0.629. The van der Waals surface area contributed by atoms with Crippen LogP contribution in [0.1, 0.15) is 37.7 Å². The first kappa shape index (κ1) is 20.3. The maximum Gasteiger partial charge on any atom is 0.325 e. The summed E-state index contributed by atoms with van der Waals surface area (Å²) in [6.45, 7) is 1.22. The molecule has 0 bridgehead atoms. The van der Waals surface area contributed by atoms with Gasteiger partial charge in [0, 0.05) is 5.69 Å². The molecule has 2 fully saturated rings. The molecule has 9 nitrogen and oxygen atoms in total. The summed E-state index contributed by atoms with van der Waals surface area (Å²) in [5.41, 5.74) is -0.0856. The zero-order valence-corrected chi connectivity index (χ0v) is 16.7. The number of hydrogen-bond donors (Lipinski definition) is 3. The predicted molar refractivity (Wildman–Crippen MR) is 102 cm³/mol. The lowest BCUT2D eigenvalue weighted by atomic mass is 9.82. The average molecular weight is 408 g/mol. The highest BCUT2D eigenvalue weighted by Crippen LogP contribution is 2.33. The van der Waals surface area contributed by atoms with Gasteiger partial charge < -0.3 is 10.6 Å². The van der Waals surface area contributed by atoms with Crippen LogP contribution in [0.15, 0.2) is 23.1 Å². The number of rotatable bonds is 5. The molecule has 1 heterocycles. The van der Waals surface area contributed by atoms with Gasteiger partial charge in [0.25, 0.3) is 5.91 Å². The highest BCUT2D eigenvalue weighted by molar-refractivity contribution is 7.89. The minimum absolute atomic E-state index is 0.0453. The third-order valence-electron chi connectivity index (χ3n) is 5.28. The van der Waals surface area contributed by atoms with Gasteiger partial charge in [-0.25, -0.2) is 17.9 Å². The van der Waals surface area contributed by atoms with Crippen molar-refractivity contribution in [2.75, 3.05) is 18.9 Å². The Morgan fingerprint density at radius 2 is 1.89 bits per heavy atom. The lowest BCUT2D eigenvalue weighted by molar-refractivity contribution is -0.134. The molecule has 3 rings (SSSR count). The van der Waals surface area contributed by atoms with Gasteiger partial charge in [-0.2, -0.15) is 0 Å². The predicted octanol–water partition coefficient (Wildman–Crippen LogP) is 1.10. The van der Waals surface area contributed by atoms with Gasteiger partial charge in [-0.15, -0.1) is 0 Å². The van der Waals surface area contributed by atoms with Crippen molar-refractivity contribution in [3.05, 3.63) is 23.8 Å². The topological polar surface area (TPSA) is 125 Å². The Balaban J connectivity index is 1.72. The van der Waals surface area contributed by atoms with Crippen LogP contribution in [-0.2, 0) is 19.6 Å². The Morgan fingerprint density at radius 1 is 1.21 bits per heavy atom. The standard InChI is InChI=1S/C18H24N4O5S/c1-12-6-7-13(10-14(12)28(26,27)19-2)20-15(23)11-22-16(24)18(21-17(22)25)8-4-3-5-9-18/h6-7,10,19H,3-5,8-9,11H2,1-2H3,(H,20,23)(H,21,25). The number of anilines is 1. The number of urea groups is 1. The lowest BCUT2D eigenvalue weighted by Gasteiger charge is -2.30. The fourth-order valence-electron chi connectivity index (χ4n) is 3.74. The molecule has 1 aromatic carbocycles. The van der Waals surface area contributed by atoms with Gasteiger partial charge in [0.2, 0.25) is 15.9 Å². The second-order valence-corrected chi connectivity index (χ2v) is 9.06. The van der Waals surface area contributed by atoms with Gasteiger partial charge >= 0.3 is 6.03 Å². The highest BCUT2D eigenvalue weighted by atomic mass is 32.2. The van der Waals surface area contributed by atoms with E-state index in [0.717, 1.165) is 24.2 Å².